The third-order valence-corrected chi connectivity index (χ3v) is 7.21. The zero-order chi connectivity index (χ0) is 23.7. The third-order valence-electron chi connectivity index (χ3n) is 5.23. The summed E-state index contributed by atoms with van der Waals surface area (Å²) >= 11 is 4.78. The van der Waals surface area contributed by atoms with E-state index < -0.39 is 23.8 Å². The van der Waals surface area contributed by atoms with Gasteiger partial charge >= 0.3 is 11.9 Å². The van der Waals surface area contributed by atoms with Crippen LogP contribution < -0.4 is 0 Å². The van der Waals surface area contributed by atoms with Crippen LogP contribution in [-0.4, -0.2) is 47.0 Å². The molecule has 3 rings (SSSR count). The third kappa shape index (κ3) is 4.23. The molecule has 32 heavy (non-hydrogen) atoms. The number of carbonyl (C=O) groups is 3. The Bertz CT molecular complexity index is 1100. The van der Waals surface area contributed by atoms with Gasteiger partial charge in [-0.2, -0.15) is 0 Å². The normalized spacial score (nSPS) is 17.9. The van der Waals surface area contributed by atoms with E-state index >= 15 is 0 Å². The van der Waals surface area contributed by atoms with Crippen molar-refractivity contribution < 1.29 is 29.0 Å². The Morgan fingerprint density at radius 3 is 2.41 bits per heavy atom. The average Bonchev–Trinajstić information content (AvgIpc) is 3.02. The molecule has 1 aromatic carbocycles. The quantitative estimate of drug-likeness (QED) is 0.429. The van der Waals surface area contributed by atoms with Gasteiger partial charge in [0.1, 0.15) is 5.75 Å². The van der Waals surface area contributed by atoms with Crippen LogP contribution in [0.15, 0.2) is 49.5 Å². The van der Waals surface area contributed by atoms with Crippen LogP contribution in [0.2, 0.25) is 0 Å². The van der Waals surface area contributed by atoms with Crippen molar-refractivity contribution in [2.24, 2.45) is 0 Å². The van der Waals surface area contributed by atoms with Crippen molar-refractivity contribution in [1.29, 1.82) is 0 Å². The lowest BCUT2D eigenvalue weighted by Gasteiger charge is -2.34. The molecule has 2 aliphatic heterocycles. The van der Waals surface area contributed by atoms with Crippen molar-refractivity contribution in [2.45, 2.75) is 40.7 Å². The second-order valence-electron chi connectivity index (χ2n) is 7.25. The van der Waals surface area contributed by atoms with Crippen LogP contribution in [0, 0.1) is 6.92 Å². The molecule has 1 aromatic rings. The Balaban J connectivity index is 2.27. The molecule has 0 spiro atoms. The number of thioether (sulfide) groups is 1. The number of benzene rings is 1. The van der Waals surface area contributed by atoms with Gasteiger partial charge < -0.3 is 19.5 Å². The highest BCUT2D eigenvalue weighted by molar-refractivity contribution is 9.10. The molecule has 0 radical (unpaired) electrons. The summed E-state index contributed by atoms with van der Waals surface area (Å²) in [6.07, 6.45) is 1.57. The van der Waals surface area contributed by atoms with Gasteiger partial charge in [-0.3, -0.25) is 4.79 Å². The lowest BCUT2D eigenvalue weighted by atomic mass is 9.89. The number of aryl methyl sites for hydroxylation is 1. The van der Waals surface area contributed by atoms with Crippen LogP contribution in [0.25, 0.3) is 0 Å². The maximum atomic E-state index is 13.6. The van der Waals surface area contributed by atoms with Gasteiger partial charge in [0.2, 0.25) is 0 Å². The monoisotopic (exact) mass is 521 g/mol. The van der Waals surface area contributed by atoms with Gasteiger partial charge in [-0.1, -0.05) is 27.7 Å². The van der Waals surface area contributed by atoms with E-state index in [1.807, 2.05) is 13.8 Å². The first-order valence-corrected chi connectivity index (χ1v) is 11.7. The molecule has 0 fully saturated rings. The van der Waals surface area contributed by atoms with Gasteiger partial charge in [0.05, 0.1) is 29.4 Å². The minimum absolute atomic E-state index is 0.00574. The summed E-state index contributed by atoms with van der Waals surface area (Å²) in [5, 5.41) is 11.1. The number of fused-ring (bicyclic) bond motifs is 1. The van der Waals surface area contributed by atoms with Crippen LogP contribution in [-0.2, 0) is 19.1 Å². The summed E-state index contributed by atoms with van der Waals surface area (Å²) in [5.74, 6) is -2.24. The first-order chi connectivity index (χ1) is 15.1. The molecule has 0 saturated carbocycles. The Morgan fingerprint density at radius 1 is 1.12 bits per heavy atom. The fourth-order valence-electron chi connectivity index (χ4n) is 3.57. The van der Waals surface area contributed by atoms with E-state index in [4.69, 9.17) is 9.47 Å². The smallest absolute Gasteiger partial charge is 0.337 e. The van der Waals surface area contributed by atoms with E-state index in [0.29, 0.717) is 9.50 Å². The molecule has 0 aromatic heterocycles. The summed E-state index contributed by atoms with van der Waals surface area (Å²) in [4.78, 5) is 42.3. The van der Waals surface area contributed by atoms with Crippen LogP contribution in [0.4, 0.5) is 0 Å². The summed E-state index contributed by atoms with van der Waals surface area (Å²) < 4.78 is 11.1. The van der Waals surface area contributed by atoms with Gasteiger partial charge in [-0.05, 0) is 58.4 Å². The predicted molar refractivity (Wildman–Crippen MR) is 125 cm³/mol. The van der Waals surface area contributed by atoms with Crippen LogP contribution >= 0.6 is 27.7 Å². The topological polar surface area (TPSA) is 93.1 Å². The number of nitrogens with zero attached hydrogens (tertiary/aromatic N) is 1. The minimum Gasteiger partial charge on any atom is -0.507 e. The van der Waals surface area contributed by atoms with E-state index in [2.05, 4.69) is 15.9 Å². The number of hydrogen-bond donors (Lipinski definition) is 1. The van der Waals surface area contributed by atoms with E-state index in [9.17, 15) is 19.5 Å². The van der Waals surface area contributed by atoms with Crippen molar-refractivity contribution >= 4 is 45.4 Å². The number of allylic oxidation sites excluding steroid dienone is 4. The van der Waals surface area contributed by atoms with E-state index in [0.717, 1.165) is 16.2 Å². The van der Waals surface area contributed by atoms with Crippen molar-refractivity contribution in [1.82, 2.24) is 4.90 Å². The number of carbonyl (C=O) groups excluding carboxylic acids is 3. The molecule has 170 valence electrons. The van der Waals surface area contributed by atoms with E-state index in [1.54, 1.807) is 31.7 Å². The van der Waals surface area contributed by atoms with E-state index in [1.165, 1.54) is 23.9 Å². The molecule has 0 bridgehead atoms. The molecular formula is C23H24BrNO6S. The number of ketones is 1. The van der Waals surface area contributed by atoms with Crippen molar-refractivity contribution in [3.8, 4) is 5.75 Å². The second kappa shape index (κ2) is 9.54. The van der Waals surface area contributed by atoms with Gasteiger partial charge in [0.25, 0.3) is 0 Å². The molecule has 1 unspecified atom stereocenters. The number of Topliss-reactive ketones (excluding diaryl/α,β-unsaturated/α-hetero) is 1. The maximum Gasteiger partial charge on any atom is 0.337 e. The summed E-state index contributed by atoms with van der Waals surface area (Å²) in [5.41, 5.74) is 1.43. The largest absolute Gasteiger partial charge is 0.507 e. The molecule has 0 amide bonds. The maximum absolute atomic E-state index is 13.6. The number of ether oxygens (including phenoxy) is 2. The average molecular weight is 522 g/mol. The number of phenols is 1. The van der Waals surface area contributed by atoms with Gasteiger partial charge in [-0.15, -0.1) is 0 Å². The molecule has 7 nitrogen and oxygen atoms in total. The molecule has 1 N–H and O–H groups in total. The lowest BCUT2D eigenvalue weighted by molar-refractivity contribution is -0.150. The first kappa shape index (κ1) is 24.1. The highest BCUT2D eigenvalue weighted by Crippen LogP contribution is 2.47. The number of phenolic OH excluding ortho intramolecular Hbond substituents is 1. The molecule has 1 atom stereocenters. The van der Waals surface area contributed by atoms with Crippen molar-refractivity contribution in [2.75, 3.05) is 13.2 Å². The zero-order valence-corrected chi connectivity index (χ0v) is 20.8. The second-order valence-corrected chi connectivity index (χ2v) is 9.34. The Labute approximate surface area is 199 Å². The molecule has 2 heterocycles. The Morgan fingerprint density at radius 2 is 1.78 bits per heavy atom. The Hall–Kier alpha value is -2.52. The summed E-state index contributed by atoms with van der Waals surface area (Å²) in [6.45, 7) is 9.02. The summed E-state index contributed by atoms with van der Waals surface area (Å²) in [7, 11) is 0. The first-order valence-electron chi connectivity index (χ1n) is 10.1. The van der Waals surface area contributed by atoms with Crippen LogP contribution in [0.1, 0.15) is 43.6 Å². The van der Waals surface area contributed by atoms with E-state index in [-0.39, 0.29) is 35.7 Å². The summed E-state index contributed by atoms with van der Waals surface area (Å²) in [6, 6.07) is 1.80. The van der Waals surface area contributed by atoms with Gasteiger partial charge in [0, 0.05) is 20.6 Å². The molecular weight excluding hydrogens is 498 g/mol. The van der Waals surface area contributed by atoms with Crippen LogP contribution in [0.5, 0.6) is 5.75 Å². The van der Waals surface area contributed by atoms with Crippen LogP contribution in [0.3, 0.4) is 0 Å². The highest BCUT2D eigenvalue weighted by atomic mass is 79.9. The number of aromatic hydroxyl groups is 1. The number of esters is 2. The fourth-order valence-corrected chi connectivity index (χ4v) is 4.99. The minimum atomic E-state index is -1.17. The van der Waals surface area contributed by atoms with Gasteiger partial charge in [-0.25, -0.2) is 9.59 Å². The fraction of sp³-hybridized carbons (Fsp3) is 0.348. The molecule has 2 aliphatic rings. The molecule has 9 heteroatoms. The highest BCUT2D eigenvalue weighted by Gasteiger charge is 2.46. The van der Waals surface area contributed by atoms with Crippen molar-refractivity contribution in [3.63, 3.8) is 0 Å². The molecule has 0 aliphatic carbocycles. The van der Waals surface area contributed by atoms with Gasteiger partial charge in [0.15, 0.2) is 11.8 Å². The number of hydrogen-bond acceptors (Lipinski definition) is 8. The van der Waals surface area contributed by atoms with Crippen molar-refractivity contribution in [3.05, 3.63) is 60.6 Å². The lowest BCUT2D eigenvalue weighted by Crippen LogP contribution is -2.45. The Kier molecular flexibility index (Phi) is 7.19. The zero-order valence-electron chi connectivity index (χ0n) is 18.4. The standard InChI is InChI=1S/C23H24BrNO6S/c1-6-30-22(28)19-15(21(27)14-9-16(24)11(3)8-17(14)26)10-18-25(12(4)13(5)32-18)20(19)23(29)31-7-2/h8-10,20,26H,6-7H2,1-5H3. The predicted octanol–water partition coefficient (Wildman–Crippen LogP) is 4.59. The SMILES string of the molecule is CCOC(=O)C1=C(C(=O)c2cc(Br)c(C)cc2O)C=C2SC(C)=C(C)N2C1C(=O)OCC. The number of halogens is 1. The molecule has 0 saturated heterocycles. The number of rotatable bonds is 6.